The van der Waals surface area contributed by atoms with Gasteiger partial charge in [0.05, 0.1) is 12.0 Å². The summed E-state index contributed by atoms with van der Waals surface area (Å²) in [7, 11) is 1.33. The summed E-state index contributed by atoms with van der Waals surface area (Å²) in [6.07, 6.45) is 1.29. The molecule has 0 atom stereocenters. The molecule has 0 bridgehead atoms. The topological polar surface area (TPSA) is 105 Å². The number of nitriles is 1. The number of nitro benzene ring substituents is 1. The van der Waals surface area contributed by atoms with Gasteiger partial charge in [-0.1, -0.05) is 23.8 Å². The second kappa shape index (κ2) is 7.75. The maximum atomic E-state index is 12.2. The van der Waals surface area contributed by atoms with Crippen LogP contribution in [0.4, 0.5) is 11.4 Å². The summed E-state index contributed by atoms with van der Waals surface area (Å²) in [5, 5.41) is 22.9. The summed E-state index contributed by atoms with van der Waals surface area (Å²) < 4.78 is 4.92. The molecule has 1 amide bonds. The van der Waals surface area contributed by atoms with Crippen LogP contribution in [0, 0.1) is 28.4 Å². The number of amides is 1. The fourth-order valence-electron chi connectivity index (χ4n) is 2.09. The van der Waals surface area contributed by atoms with E-state index < -0.39 is 10.8 Å². The first-order chi connectivity index (χ1) is 11.9. The van der Waals surface area contributed by atoms with Crippen LogP contribution in [0.15, 0.2) is 48.0 Å². The number of aryl methyl sites for hydroxylation is 1. The lowest BCUT2D eigenvalue weighted by molar-refractivity contribution is -0.385. The highest BCUT2D eigenvalue weighted by Crippen LogP contribution is 2.28. The first-order valence-electron chi connectivity index (χ1n) is 7.27. The number of rotatable bonds is 5. The molecule has 7 nitrogen and oxygen atoms in total. The van der Waals surface area contributed by atoms with Crippen LogP contribution in [0.1, 0.15) is 11.1 Å². The molecule has 0 radical (unpaired) electrons. The van der Waals surface area contributed by atoms with Crippen LogP contribution in [0.5, 0.6) is 5.75 Å². The molecule has 0 aromatic heterocycles. The normalized spacial score (nSPS) is 10.7. The lowest BCUT2D eigenvalue weighted by Gasteiger charge is -2.05. The Morgan fingerprint density at radius 3 is 2.52 bits per heavy atom. The van der Waals surface area contributed by atoms with E-state index in [1.54, 1.807) is 12.1 Å². The molecule has 25 heavy (non-hydrogen) atoms. The van der Waals surface area contributed by atoms with Crippen molar-refractivity contribution in [2.24, 2.45) is 0 Å². The minimum atomic E-state index is -0.593. The third-order valence-corrected chi connectivity index (χ3v) is 3.39. The number of benzene rings is 2. The van der Waals surface area contributed by atoms with Crippen LogP contribution in [0.25, 0.3) is 6.08 Å². The molecule has 1 N–H and O–H groups in total. The maximum absolute atomic E-state index is 12.2. The number of nitrogens with zero attached hydrogens (tertiary/aromatic N) is 2. The molecular formula is C18H15N3O4. The average molecular weight is 337 g/mol. The number of nitrogens with one attached hydrogen (secondary N) is 1. The quantitative estimate of drug-likeness (QED) is 0.389. The van der Waals surface area contributed by atoms with Crippen molar-refractivity contribution in [2.75, 3.05) is 12.4 Å². The third kappa shape index (κ3) is 4.42. The predicted octanol–water partition coefficient (Wildman–Crippen LogP) is 3.46. The van der Waals surface area contributed by atoms with Gasteiger partial charge in [0.2, 0.25) is 0 Å². The van der Waals surface area contributed by atoms with Gasteiger partial charge in [-0.3, -0.25) is 14.9 Å². The predicted molar refractivity (Wildman–Crippen MR) is 93.0 cm³/mol. The number of carbonyl (C=O) groups is 1. The van der Waals surface area contributed by atoms with Crippen LogP contribution in [0.3, 0.4) is 0 Å². The Morgan fingerprint density at radius 2 is 1.96 bits per heavy atom. The minimum Gasteiger partial charge on any atom is -0.490 e. The second-order valence-corrected chi connectivity index (χ2v) is 5.18. The summed E-state index contributed by atoms with van der Waals surface area (Å²) in [4.78, 5) is 22.7. The van der Waals surface area contributed by atoms with E-state index in [2.05, 4.69) is 5.32 Å². The van der Waals surface area contributed by atoms with E-state index in [1.807, 2.05) is 25.1 Å². The molecule has 0 aliphatic carbocycles. The van der Waals surface area contributed by atoms with Crippen molar-refractivity contribution < 1.29 is 14.5 Å². The number of nitro groups is 1. The van der Waals surface area contributed by atoms with Gasteiger partial charge in [0.1, 0.15) is 11.6 Å². The maximum Gasteiger partial charge on any atom is 0.311 e. The number of anilines is 1. The zero-order valence-electron chi connectivity index (χ0n) is 13.6. The highest BCUT2D eigenvalue weighted by molar-refractivity contribution is 6.09. The summed E-state index contributed by atoms with van der Waals surface area (Å²) in [5.74, 6) is -0.491. The molecule has 0 saturated heterocycles. The molecule has 126 valence electrons. The summed E-state index contributed by atoms with van der Waals surface area (Å²) in [5.41, 5.74) is 1.53. The van der Waals surface area contributed by atoms with Crippen molar-refractivity contribution >= 4 is 23.4 Å². The Morgan fingerprint density at radius 1 is 1.28 bits per heavy atom. The van der Waals surface area contributed by atoms with Gasteiger partial charge in [-0.15, -0.1) is 0 Å². The lowest BCUT2D eigenvalue weighted by atomic mass is 10.1. The highest BCUT2D eigenvalue weighted by Gasteiger charge is 2.16. The van der Waals surface area contributed by atoms with Crippen LogP contribution in [-0.4, -0.2) is 17.9 Å². The molecule has 0 fully saturated rings. The molecule has 0 heterocycles. The van der Waals surface area contributed by atoms with E-state index in [0.29, 0.717) is 11.3 Å². The summed E-state index contributed by atoms with van der Waals surface area (Å²) >= 11 is 0. The Hall–Kier alpha value is -3.66. The highest BCUT2D eigenvalue weighted by atomic mass is 16.6. The Kier molecular flexibility index (Phi) is 5.48. The van der Waals surface area contributed by atoms with Crippen molar-refractivity contribution in [3.63, 3.8) is 0 Å². The van der Waals surface area contributed by atoms with Crippen molar-refractivity contribution in [1.82, 2.24) is 0 Å². The van der Waals surface area contributed by atoms with E-state index in [0.717, 1.165) is 5.56 Å². The zero-order valence-corrected chi connectivity index (χ0v) is 13.6. The van der Waals surface area contributed by atoms with Gasteiger partial charge in [0.25, 0.3) is 5.91 Å². The molecule has 0 spiro atoms. The van der Waals surface area contributed by atoms with Gasteiger partial charge in [0, 0.05) is 11.8 Å². The van der Waals surface area contributed by atoms with Crippen LogP contribution >= 0.6 is 0 Å². The van der Waals surface area contributed by atoms with E-state index >= 15 is 0 Å². The van der Waals surface area contributed by atoms with E-state index in [4.69, 9.17) is 4.74 Å². The molecule has 0 aliphatic rings. The molecule has 0 unspecified atom stereocenters. The van der Waals surface area contributed by atoms with Gasteiger partial charge in [-0.25, -0.2) is 0 Å². The van der Waals surface area contributed by atoms with E-state index in [-0.39, 0.29) is 17.0 Å². The molecule has 0 aliphatic heterocycles. The monoisotopic (exact) mass is 337 g/mol. The number of hydrogen-bond donors (Lipinski definition) is 1. The number of carbonyl (C=O) groups excluding carboxylic acids is 1. The van der Waals surface area contributed by atoms with Crippen LogP contribution in [-0.2, 0) is 4.79 Å². The first-order valence-corrected chi connectivity index (χ1v) is 7.27. The standard InChI is InChI=1S/C18H15N3O4/c1-12-3-6-15(7-4-12)20-18(22)14(11-19)9-13-5-8-17(25-2)16(10-13)21(23)24/h3-10H,1-2H3,(H,20,22). The molecule has 2 aromatic carbocycles. The van der Waals surface area contributed by atoms with E-state index in [9.17, 15) is 20.2 Å². The Bertz CT molecular complexity index is 880. The van der Waals surface area contributed by atoms with Crippen molar-refractivity contribution in [1.29, 1.82) is 5.26 Å². The smallest absolute Gasteiger partial charge is 0.311 e. The molecular weight excluding hydrogens is 322 g/mol. The third-order valence-electron chi connectivity index (χ3n) is 3.39. The fourth-order valence-corrected chi connectivity index (χ4v) is 2.09. The Labute approximate surface area is 144 Å². The average Bonchev–Trinajstić information content (AvgIpc) is 2.61. The fraction of sp³-hybridized carbons (Fsp3) is 0.111. The Balaban J connectivity index is 2.29. The van der Waals surface area contributed by atoms with Crippen LogP contribution < -0.4 is 10.1 Å². The molecule has 2 aromatic rings. The minimum absolute atomic E-state index is 0.102. The van der Waals surface area contributed by atoms with Crippen LogP contribution in [0.2, 0.25) is 0 Å². The van der Waals surface area contributed by atoms with Crippen molar-refractivity contribution in [2.45, 2.75) is 6.92 Å². The van der Waals surface area contributed by atoms with Gasteiger partial charge in [0.15, 0.2) is 5.75 Å². The molecule has 2 rings (SSSR count). The first kappa shape index (κ1) is 17.7. The van der Waals surface area contributed by atoms with Crippen molar-refractivity contribution in [3.8, 4) is 11.8 Å². The second-order valence-electron chi connectivity index (χ2n) is 5.18. The SMILES string of the molecule is COc1ccc(C=C(C#N)C(=O)Nc2ccc(C)cc2)cc1[N+](=O)[O-]. The van der Waals surface area contributed by atoms with Gasteiger partial charge in [-0.2, -0.15) is 5.26 Å². The largest absolute Gasteiger partial charge is 0.490 e. The van der Waals surface area contributed by atoms with Crippen molar-refractivity contribution in [3.05, 3.63) is 69.3 Å². The number of hydrogen-bond acceptors (Lipinski definition) is 5. The molecule has 7 heteroatoms. The lowest BCUT2D eigenvalue weighted by Crippen LogP contribution is -2.13. The summed E-state index contributed by atoms with van der Waals surface area (Å²) in [6.45, 7) is 1.92. The van der Waals surface area contributed by atoms with Gasteiger partial charge < -0.3 is 10.1 Å². The van der Waals surface area contributed by atoms with Gasteiger partial charge >= 0.3 is 5.69 Å². The zero-order chi connectivity index (χ0) is 18.4. The molecule has 0 saturated carbocycles. The van der Waals surface area contributed by atoms with E-state index in [1.165, 1.54) is 31.4 Å². The number of ether oxygens (including phenoxy) is 1. The number of methoxy groups -OCH3 is 1. The summed E-state index contributed by atoms with van der Waals surface area (Å²) in [6, 6.07) is 13.1. The van der Waals surface area contributed by atoms with Gasteiger partial charge in [-0.05, 0) is 36.8 Å².